The van der Waals surface area contributed by atoms with Gasteiger partial charge in [-0.25, -0.2) is 14.2 Å². The summed E-state index contributed by atoms with van der Waals surface area (Å²) < 4.78 is 58.6. The van der Waals surface area contributed by atoms with Crippen LogP contribution in [0.15, 0.2) is 24.3 Å². The van der Waals surface area contributed by atoms with Crippen molar-refractivity contribution in [2.45, 2.75) is 29.2 Å². The molecule has 29 heavy (non-hydrogen) atoms. The van der Waals surface area contributed by atoms with E-state index in [4.69, 9.17) is 39.5 Å². The van der Waals surface area contributed by atoms with E-state index in [1.54, 1.807) is 0 Å². The standard InChI is InChI=1S/C18H13Cl3F4N2O2/c19-17(20,21)8-29-16(28)27-14-10-5-3-7-12(10)26-15(18(23,24)25)13(14)9-4-1-2-6-11(9)22/h1-2,4,6H,3,5,7-8H2,(H,26,27,28). The maximum absolute atomic E-state index is 14.4. The van der Waals surface area contributed by atoms with Gasteiger partial charge in [0.15, 0.2) is 5.69 Å². The van der Waals surface area contributed by atoms with Crippen molar-refractivity contribution in [3.63, 3.8) is 0 Å². The highest BCUT2D eigenvalue weighted by molar-refractivity contribution is 6.67. The van der Waals surface area contributed by atoms with Crippen molar-refractivity contribution in [3.8, 4) is 11.1 Å². The Morgan fingerprint density at radius 2 is 1.86 bits per heavy atom. The van der Waals surface area contributed by atoms with E-state index in [-0.39, 0.29) is 16.9 Å². The lowest BCUT2D eigenvalue weighted by molar-refractivity contribution is -0.140. The first-order chi connectivity index (χ1) is 13.5. The normalized spacial score (nSPS) is 13.9. The maximum Gasteiger partial charge on any atom is 0.434 e. The van der Waals surface area contributed by atoms with Crippen molar-refractivity contribution in [2.75, 3.05) is 11.9 Å². The number of benzene rings is 1. The summed E-state index contributed by atoms with van der Waals surface area (Å²) in [5.41, 5.74) is -1.84. The Balaban J connectivity index is 2.16. The van der Waals surface area contributed by atoms with Crippen molar-refractivity contribution in [1.82, 2.24) is 4.98 Å². The molecular formula is C18H13Cl3F4N2O2. The fraction of sp³-hybridized carbons (Fsp3) is 0.333. The summed E-state index contributed by atoms with van der Waals surface area (Å²) in [4.78, 5) is 15.9. The van der Waals surface area contributed by atoms with Gasteiger partial charge in [-0.3, -0.25) is 5.32 Å². The van der Waals surface area contributed by atoms with Gasteiger partial charge in [0.25, 0.3) is 0 Å². The second-order valence-corrected chi connectivity index (χ2v) is 8.80. The zero-order valence-corrected chi connectivity index (χ0v) is 16.8. The van der Waals surface area contributed by atoms with Gasteiger partial charge in [0.2, 0.25) is 3.79 Å². The summed E-state index contributed by atoms with van der Waals surface area (Å²) >= 11 is 16.6. The van der Waals surface area contributed by atoms with E-state index in [2.05, 4.69) is 10.3 Å². The average Bonchev–Trinajstić information content (AvgIpc) is 3.08. The first-order valence-corrected chi connectivity index (χ1v) is 9.49. The molecule has 1 aromatic heterocycles. The molecular weight excluding hydrogens is 459 g/mol. The quantitative estimate of drug-likeness (QED) is 0.421. The summed E-state index contributed by atoms with van der Waals surface area (Å²) in [5, 5.41) is 2.28. The van der Waals surface area contributed by atoms with Crippen LogP contribution in [0, 0.1) is 5.82 Å². The van der Waals surface area contributed by atoms with Gasteiger partial charge in [0.05, 0.1) is 5.69 Å². The van der Waals surface area contributed by atoms with Crippen LogP contribution in [0.4, 0.5) is 28.0 Å². The van der Waals surface area contributed by atoms with Crippen molar-refractivity contribution in [1.29, 1.82) is 0 Å². The summed E-state index contributed by atoms with van der Waals surface area (Å²) in [6, 6.07) is 4.93. The summed E-state index contributed by atoms with van der Waals surface area (Å²) in [7, 11) is 0. The number of nitrogens with zero attached hydrogens (tertiary/aromatic N) is 1. The molecule has 3 rings (SSSR count). The number of pyridine rings is 1. The third kappa shape index (κ3) is 5.05. The summed E-state index contributed by atoms with van der Waals surface area (Å²) in [6.07, 6.45) is -4.82. The molecule has 0 fully saturated rings. The molecule has 1 N–H and O–H groups in total. The van der Waals surface area contributed by atoms with Gasteiger partial charge in [-0.15, -0.1) is 0 Å². The van der Waals surface area contributed by atoms with Crippen molar-refractivity contribution < 1.29 is 27.1 Å². The monoisotopic (exact) mass is 470 g/mol. The van der Waals surface area contributed by atoms with Gasteiger partial charge < -0.3 is 4.74 Å². The summed E-state index contributed by atoms with van der Waals surface area (Å²) in [5.74, 6) is -0.893. The smallest absolute Gasteiger partial charge is 0.434 e. The Hall–Kier alpha value is -1.77. The van der Waals surface area contributed by atoms with Gasteiger partial charge >= 0.3 is 12.3 Å². The molecule has 0 atom stereocenters. The fourth-order valence-electron chi connectivity index (χ4n) is 3.14. The lowest BCUT2D eigenvalue weighted by Gasteiger charge is -2.21. The predicted molar refractivity (Wildman–Crippen MR) is 102 cm³/mol. The molecule has 0 saturated carbocycles. The number of carbonyl (C=O) groups excluding carboxylic acids is 1. The number of fused-ring (bicyclic) bond motifs is 1. The number of rotatable bonds is 3. The molecule has 1 heterocycles. The lowest BCUT2D eigenvalue weighted by atomic mass is 9.97. The molecule has 0 radical (unpaired) electrons. The number of aryl methyl sites for hydroxylation is 1. The second-order valence-electron chi connectivity index (χ2n) is 6.28. The van der Waals surface area contributed by atoms with Crippen molar-refractivity contribution in [3.05, 3.63) is 47.0 Å². The Morgan fingerprint density at radius 3 is 2.48 bits per heavy atom. The van der Waals surface area contributed by atoms with Crippen LogP contribution in [0.25, 0.3) is 11.1 Å². The molecule has 11 heteroatoms. The SMILES string of the molecule is O=C(Nc1c2c(nc(C(F)(F)F)c1-c1ccccc1F)CCC2)OCC(Cl)(Cl)Cl. The molecule has 0 spiro atoms. The number of carbonyl (C=O) groups is 1. The molecule has 1 aromatic carbocycles. The maximum atomic E-state index is 14.4. The van der Waals surface area contributed by atoms with E-state index in [1.165, 1.54) is 18.2 Å². The highest BCUT2D eigenvalue weighted by Gasteiger charge is 2.40. The topological polar surface area (TPSA) is 51.2 Å². The van der Waals surface area contributed by atoms with Gasteiger partial charge in [0, 0.05) is 16.8 Å². The first-order valence-electron chi connectivity index (χ1n) is 8.36. The number of aromatic nitrogens is 1. The molecule has 0 saturated heterocycles. The van der Waals surface area contributed by atoms with Crippen LogP contribution >= 0.6 is 34.8 Å². The highest BCUT2D eigenvalue weighted by Crippen LogP contribution is 2.45. The van der Waals surface area contributed by atoms with Crippen molar-refractivity contribution >= 4 is 46.6 Å². The molecule has 0 unspecified atom stereocenters. The minimum Gasteiger partial charge on any atom is -0.445 e. The van der Waals surface area contributed by atoms with E-state index in [0.29, 0.717) is 24.8 Å². The summed E-state index contributed by atoms with van der Waals surface area (Å²) in [6.45, 7) is -0.627. The molecule has 0 aliphatic heterocycles. The Labute approximate surface area is 178 Å². The Bertz CT molecular complexity index is 946. The Kier molecular flexibility index (Phi) is 6.17. The van der Waals surface area contributed by atoms with E-state index in [0.717, 1.165) is 6.07 Å². The third-order valence-electron chi connectivity index (χ3n) is 4.23. The zero-order valence-electron chi connectivity index (χ0n) is 14.5. The van der Waals surface area contributed by atoms with Crippen LogP contribution in [-0.4, -0.2) is 21.5 Å². The van der Waals surface area contributed by atoms with Gasteiger partial charge in [-0.2, -0.15) is 13.2 Å². The van der Waals surface area contributed by atoms with E-state index in [1.807, 2.05) is 0 Å². The van der Waals surface area contributed by atoms with Gasteiger partial charge in [0.1, 0.15) is 12.4 Å². The molecule has 1 aliphatic carbocycles. The first kappa shape index (κ1) is 21.9. The number of ether oxygens (including phenoxy) is 1. The largest absolute Gasteiger partial charge is 0.445 e. The number of amides is 1. The Morgan fingerprint density at radius 1 is 1.17 bits per heavy atom. The van der Waals surface area contributed by atoms with Crippen molar-refractivity contribution in [2.24, 2.45) is 0 Å². The van der Waals surface area contributed by atoms with Crippen LogP contribution in [0.2, 0.25) is 0 Å². The van der Waals surface area contributed by atoms with Gasteiger partial charge in [-0.1, -0.05) is 53.0 Å². The van der Waals surface area contributed by atoms with Gasteiger partial charge in [-0.05, 0) is 30.9 Å². The predicted octanol–water partition coefficient (Wildman–Crippen LogP) is 6.31. The fourth-order valence-corrected chi connectivity index (χ4v) is 3.30. The molecule has 156 valence electrons. The number of hydrogen-bond acceptors (Lipinski definition) is 3. The number of nitrogens with one attached hydrogen (secondary N) is 1. The number of anilines is 1. The minimum atomic E-state index is -4.88. The second kappa shape index (κ2) is 8.16. The molecule has 2 aromatic rings. The van der Waals surface area contributed by atoms with Crippen LogP contribution in [0.3, 0.4) is 0 Å². The van der Waals surface area contributed by atoms with E-state index in [9.17, 15) is 22.4 Å². The van der Waals surface area contributed by atoms with Crippen LogP contribution in [-0.2, 0) is 23.8 Å². The number of alkyl halides is 6. The zero-order chi connectivity index (χ0) is 21.4. The molecule has 4 nitrogen and oxygen atoms in total. The molecule has 1 aliphatic rings. The van der Waals surface area contributed by atoms with E-state index >= 15 is 0 Å². The van der Waals surface area contributed by atoms with Crippen LogP contribution < -0.4 is 5.32 Å². The van der Waals surface area contributed by atoms with Crippen LogP contribution in [0.1, 0.15) is 23.4 Å². The van der Waals surface area contributed by atoms with Crippen LogP contribution in [0.5, 0.6) is 0 Å². The van der Waals surface area contributed by atoms with E-state index < -0.39 is 39.7 Å². The highest BCUT2D eigenvalue weighted by atomic mass is 35.6. The average molecular weight is 472 g/mol. The number of hydrogen-bond donors (Lipinski definition) is 1. The minimum absolute atomic E-state index is 0.189. The molecule has 0 bridgehead atoms. The molecule has 1 amide bonds. The lowest BCUT2D eigenvalue weighted by Crippen LogP contribution is -2.23. The third-order valence-corrected chi connectivity index (χ3v) is 4.56. The number of halogens is 7.